The standard InChI is InChI=1S/C13H17N3O/c14-10-11-4-7-16-13(9-11)17-8-5-12-3-1-2-6-15-12/h4,7,9,12,15H,1-3,5-6,8H2/t12-/m0/s1. The zero-order valence-corrected chi connectivity index (χ0v) is 9.85. The third-order valence-corrected chi connectivity index (χ3v) is 2.99. The van der Waals surface area contributed by atoms with Gasteiger partial charge >= 0.3 is 0 Å². The van der Waals surface area contributed by atoms with E-state index >= 15 is 0 Å². The maximum absolute atomic E-state index is 8.75. The third-order valence-electron chi connectivity index (χ3n) is 2.99. The van der Waals surface area contributed by atoms with Gasteiger partial charge in [-0.1, -0.05) is 6.42 Å². The summed E-state index contributed by atoms with van der Waals surface area (Å²) in [6.07, 6.45) is 6.42. The molecule has 0 radical (unpaired) electrons. The van der Waals surface area contributed by atoms with Gasteiger partial charge in [-0.25, -0.2) is 4.98 Å². The van der Waals surface area contributed by atoms with Gasteiger partial charge in [0.05, 0.1) is 18.2 Å². The molecule has 4 nitrogen and oxygen atoms in total. The molecule has 90 valence electrons. The van der Waals surface area contributed by atoms with E-state index in [2.05, 4.69) is 16.4 Å². The zero-order valence-electron chi connectivity index (χ0n) is 9.85. The van der Waals surface area contributed by atoms with Crippen LogP contribution in [-0.4, -0.2) is 24.2 Å². The van der Waals surface area contributed by atoms with Gasteiger partial charge in [0.2, 0.25) is 5.88 Å². The van der Waals surface area contributed by atoms with E-state index in [1.165, 1.54) is 19.3 Å². The summed E-state index contributed by atoms with van der Waals surface area (Å²) in [5, 5.41) is 12.2. The van der Waals surface area contributed by atoms with Crippen LogP contribution in [0.3, 0.4) is 0 Å². The second-order valence-electron chi connectivity index (χ2n) is 4.28. The Morgan fingerprint density at radius 1 is 1.53 bits per heavy atom. The van der Waals surface area contributed by atoms with E-state index in [4.69, 9.17) is 10.00 Å². The van der Waals surface area contributed by atoms with E-state index in [0.717, 1.165) is 13.0 Å². The van der Waals surface area contributed by atoms with Crippen LogP contribution in [0.2, 0.25) is 0 Å². The Hall–Kier alpha value is -1.60. The van der Waals surface area contributed by atoms with Crippen molar-refractivity contribution in [3.8, 4) is 11.9 Å². The molecular formula is C13H17N3O. The van der Waals surface area contributed by atoms with Crippen molar-refractivity contribution in [1.82, 2.24) is 10.3 Å². The van der Waals surface area contributed by atoms with E-state index in [1.807, 2.05) is 0 Å². The van der Waals surface area contributed by atoms with Gasteiger partial charge in [0.1, 0.15) is 0 Å². The van der Waals surface area contributed by atoms with Crippen LogP contribution in [0.5, 0.6) is 5.88 Å². The molecule has 4 heteroatoms. The van der Waals surface area contributed by atoms with Gasteiger partial charge in [-0.3, -0.25) is 0 Å². The molecule has 2 heterocycles. The number of nitrogens with one attached hydrogen (secondary N) is 1. The van der Waals surface area contributed by atoms with Crippen molar-refractivity contribution in [2.45, 2.75) is 31.7 Å². The summed E-state index contributed by atoms with van der Waals surface area (Å²) in [4.78, 5) is 4.08. The molecular weight excluding hydrogens is 214 g/mol. The van der Waals surface area contributed by atoms with Crippen LogP contribution in [0.1, 0.15) is 31.2 Å². The minimum Gasteiger partial charge on any atom is -0.478 e. The Balaban J connectivity index is 1.75. The van der Waals surface area contributed by atoms with Gasteiger partial charge in [0.25, 0.3) is 0 Å². The summed E-state index contributed by atoms with van der Waals surface area (Å²) >= 11 is 0. The molecule has 0 saturated carbocycles. The van der Waals surface area contributed by atoms with Gasteiger partial charge in [-0.15, -0.1) is 0 Å². The van der Waals surface area contributed by atoms with Crippen LogP contribution in [0.25, 0.3) is 0 Å². The molecule has 0 aromatic carbocycles. The Morgan fingerprint density at radius 2 is 2.47 bits per heavy atom. The molecule has 1 aromatic heterocycles. The van der Waals surface area contributed by atoms with E-state index in [9.17, 15) is 0 Å². The largest absolute Gasteiger partial charge is 0.478 e. The summed E-state index contributed by atoms with van der Waals surface area (Å²) in [5.74, 6) is 0.542. The minimum atomic E-state index is 0.542. The average Bonchev–Trinajstić information content (AvgIpc) is 2.40. The fraction of sp³-hybridized carbons (Fsp3) is 0.538. The summed E-state index contributed by atoms with van der Waals surface area (Å²) in [6.45, 7) is 1.77. The highest BCUT2D eigenvalue weighted by Crippen LogP contribution is 2.12. The molecule has 0 spiro atoms. The highest BCUT2D eigenvalue weighted by molar-refractivity contribution is 5.31. The molecule has 1 aliphatic rings. The first-order chi connectivity index (χ1) is 8.38. The van der Waals surface area contributed by atoms with Crippen molar-refractivity contribution in [3.05, 3.63) is 23.9 Å². The lowest BCUT2D eigenvalue weighted by Gasteiger charge is -2.23. The molecule has 0 amide bonds. The second-order valence-corrected chi connectivity index (χ2v) is 4.28. The normalized spacial score (nSPS) is 19.6. The van der Waals surface area contributed by atoms with Crippen LogP contribution < -0.4 is 10.1 Å². The van der Waals surface area contributed by atoms with E-state index in [-0.39, 0.29) is 0 Å². The average molecular weight is 231 g/mol. The molecule has 2 rings (SSSR count). The van der Waals surface area contributed by atoms with Crippen molar-refractivity contribution in [1.29, 1.82) is 5.26 Å². The van der Waals surface area contributed by atoms with Crippen molar-refractivity contribution < 1.29 is 4.74 Å². The maximum atomic E-state index is 8.75. The molecule has 1 fully saturated rings. The molecule has 0 bridgehead atoms. The molecule has 17 heavy (non-hydrogen) atoms. The van der Waals surface area contributed by atoms with Gasteiger partial charge in [-0.2, -0.15) is 5.26 Å². The van der Waals surface area contributed by atoms with Crippen LogP contribution in [0.15, 0.2) is 18.3 Å². The number of hydrogen-bond donors (Lipinski definition) is 1. The molecule has 0 unspecified atom stereocenters. The molecule has 1 saturated heterocycles. The first-order valence-corrected chi connectivity index (χ1v) is 6.11. The fourth-order valence-corrected chi connectivity index (χ4v) is 2.03. The summed E-state index contributed by atoms with van der Waals surface area (Å²) < 4.78 is 5.55. The maximum Gasteiger partial charge on any atom is 0.214 e. The van der Waals surface area contributed by atoms with Crippen LogP contribution >= 0.6 is 0 Å². The minimum absolute atomic E-state index is 0.542. The Kier molecular flexibility index (Phi) is 4.34. The summed E-state index contributed by atoms with van der Waals surface area (Å²) in [5.41, 5.74) is 0.589. The van der Waals surface area contributed by atoms with Crippen LogP contribution in [0.4, 0.5) is 0 Å². The van der Waals surface area contributed by atoms with Crippen molar-refractivity contribution in [2.75, 3.05) is 13.2 Å². The van der Waals surface area contributed by atoms with E-state index in [0.29, 0.717) is 24.1 Å². The van der Waals surface area contributed by atoms with Crippen molar-refractivity contribution in [3.63, 3.8) is 0 Å². The highest BCUT2D eigenvalue weighted by atomic mass is 16.5. The molecule has 1 N–H and O–H groups in total. The lowest BCUT2D eigenvalue weighted by molar-refractivity contribution is 0.260. The number of piperidine rings is 1. The Morgan fingerprint density at radius 3 is 3.24 bits per heavy atom. The summed E-state index contributed by atoms with van der Waals surface area (Å²) in [6, 6.07) is 6.00. The number of rotatable bonds is 4. The Labute approximate surface area is 102 Å². The topological polar surface area (TPSA) is 57.9 Å². The predicted octanol–water partition coefficient (Wildman–Crippen LogP) is 1.86. The summed E-state index contributed by atoms with van der Waals surface area (Å²) in [7, 11) is 0. The second kappa shape index (κ2) is 6.21. The van der Waals surface area contributed by atoms with Crippen molar-refractivity contribution >= 4 is 0 Å². The number of aromatic nitrogens is 1. The molecule has 0 aliphatic carbocycles. The van der Waals surface area contributed by atoms with Crippen LogP contribution in [-0.2, 0) is 0 Å². The lowest BCUT2D eigenvalue weighted by atomic mass is 10.0. The quantitative estimate of drug-likeness (QED) is 0.859. The molecule has 1 atom stereocenters. The number of pyridine rings is 1. The third kappa shape index (κ3) is 3.72. The fourth-order valence-electron chi connectivity index (χ4n) is 2.03. The van der Waals surface area contributed by atoms with E-state index in [1.54, 1.807) is 18.3 Å². The number of nitrogens with zero attached hydrogens (tertiary/aromatic N) is 2. The monoisotopic (exact) mass is 231 g/mol. The highest BCUT2D eigenvalue weighted by Gasteiger charge is 2.12. The Bertz CT molecular complexity index is 394. The number of nitriles is 1. The van der Waals surface area contributed by atoms with Gasteiger partial charge in [0.15, 0.2) is 0 Å². The first kappa shape index (κ1) is 11.9. The molecule has 1 aliphatic heterocycles. The molecule has 1 aromatic rings. The van der Waals surface area contributed by atoms with Gasteiger partial charge < -0.3 is 10.1 Å². The lowest BCUT2D eigenvalue weighted by Crippen LogP contribution is -2.35. The zero-order chi connectivity index (χ0) is 11.9. The smallest absolute Gasteiger partial charge is 0.214 e. The van der Waals surface area contributed by atoms with E-state index < -0.39 is 0 Å². The number of hydrogen-bond acceptors (Lipinski definition) is 4. The first-order valence-electron chi connectivity index (χ1n) is 6.11. The van der Waals surface area contributed by atoms with Crippen LogP contribution in [0, 0.1) is 11.3 Å². The van der Waals surface area contributed by atoms with Gasteiger partial charge in [0, 0.05) is 18.3 Å². The predicted molar refractivity (Wildman–Crippen MR) is 64.7 cm³/mol. The number of ether oxygens (including phenoxy) is 1. The van der Waals surface area contributed by atoms with Gasteiger partial charge in [-0.05, 0) is 31.9 Å². The van der Waals surface area contributed by atoms with Crippen molar-refractivity contribution in [2.24, 2.45) is 0 Å². The SMILES string of the molecule is N#Cc1ccnc(OCC[C@@H]2CCCCN2)c1.